The Kier molecular flexibility index (Phi) is 6.54. The molecule has 6 nitrogen and oxygen atoms in total. The number of benzene rings is 1. The molecule has 1 aliphatic heterocycles. The zero-order valence-electron chi connectivity index (χ0n) is 14.7. The van der Waals surface area contributed by atoms with E-state index in [-0.39, 0.29) is 24.8 Å². The highest BCUT2D eigenvalue weighted by molar-refractivity contribution is 6.36. The molecule has 0 saturated heterocycles. The molecule has 8 heteroatoms. The zero-order valence-corrected chi connectivity index (χ0v) is 16.2. The van der Waals surface area contributed by atoms with Crippen LogP contribution in [0.4, 0.5) is 10.5 Å². The fraction of sp³-hybridized carbons (Fsp3) is 0.529. The summed E-state index contributed by atoms with van der Waals surface area (Å²) in [6, 6.07) is 5.12. The van der Waals surface area contributed by atoms with Crippen LogP contribution in [0.25, 0.3) is 0 Å². The summed E-state index contributed by atoms with van der Waals surface area (Å²) in [5.74, 6) is 0.248. The summed E-state index contributed by atoms with van der Waals surface area (Å²) in [5.41, 5.74) is -0.204. The third-order valence-corrected chi connectivity index (χ3v) is 4.41. The minimum atomic E-state index is -0.825. The Morgan fingerprint density at radius 1 is 1.32 bits per heavy atom. The number of hydrogen-bond acceptors (Lipinski definition) is 6. The minimum Gasteiger partial charge on any atom is -0.434 e. The van der Waals surface area contributed by atoms with E-state index in [0.717, 1.165) is 0 Å². The first-order valence-corrected chi connectivity index (χ1v) is 8.91. The highest BCUT2D eigenvalue weighted by Crippen LogP contribution is 2.43. The number of rotatable bonds is 5. The van der Waals surface area contributed by atoms with Crippen LogP contribution in [0.5, 0.6) is 0 Å². The molecule has 1 atom stereocenters. The average Bonchev–Trinajstić information content (AvgIpc) is 2.87. The van der Waals surface area contributed by atoms with Gasteiger partial charge in [-0.3, -0.25) is 0 Å². The van der Waals surface area contributed by atoms with Crippen LogP contribution in [0.1, 0.15) is 34.1 Å². The van der Waals surface area contributed by atoms with E-state index >= 15 is 0 Å². The molecule has 25 heavy (non-hydrogen) atoms. The van der Waals surface area contributed by atoms with Gasteiger partial charge in [0.05, 0.1) is 23.7 Å². The number of hydrazone groups is 1. The van der Waals surface area contributed by atoms with E-state index in [9.17, 15) is 4.79 Å². The molecule has 2 rings (SSSR count). The molecule has 1 heterocycles. The molecule has 0 N–H and O–H groups in total. The van der Waals surface area contributed by atoms with Crippen molar-refractivity contribution in [1.29, 1.82) is 0 Å². The van der Waals surface area contributed by atoms with E-state index in [4.69, 9.17) is 37.4 Å². The summed E-state index contributed by atoms with van der Waals surface area (Å²) >= 11 is 12.4. The third kappa shape index (κ3) is 4.19. The SMILES string of the molecule is CCOC(=O)OC1=NN(c2ccc(Cl)cc2Cl)C(OCC)(C(C)C)C1. The second kappa shape index (κ2) is 8.25. The van der Waals surface area contributed by atoms with Gasteiger partial charge in [-0.05, 0) is 32.0 Å². The van der Waals surface area contributed by atoms with Crippen molar-refractivity contribution in [3.63, 3.8) is 0 Å². The van der Waals surface area contributed by atoms with Crippen molar-refractivity contribution in [2.45, 2.75) is 39.8 Å². The summed E-state index contributed by atoms with van der Waals surface area (Å²) in [6.45, 7) is 8.30. The Labute approximate surface area is 157 Å². The molecule has 138 valence electrons. The average molecular weight is 389 g/mol. The number of ether oxygens (including phenoxy) is 3. The molecule has 1 aromatic rings. The first-order chi connectivity index (χ1) is 11.8. The Morgan fingerprint density at radius 3 is 2.60 bits per heavy atom. The van der Waals surface area contributed by atoms with Crippen molar-refractivity contribution in [2.24, 2.45) is 11.0 Å². The van der Waals surface area contributed by atoms with E-state index in [1.165, 1.54) is 0 Å². The van der Waals surface area contributed by atoms with Crippen LogP contribution in [0.3, 0.4) is 0 Å². The lowest BCUT2D eigenvalue weighted by molar-refractivity contribution is -0.0646. The van der Waals surface area contributed by atoms with E-state index in [0.29, 0.717) is 22.3 Å². The molecule has 0 amide bonds. The highest BCUT2D eigenvalue weighted by atomic mass is 35.5. The fourth-order valence-electron chi connectivity index (χ4n) is 2.71. The monoisotopic (exact) mass is 388 g/mol. The number of carbonyl (C=O) groups excluding carboxylic acids is 1. The fourth-order valence-corrected chi connectivity index (χ4v) is 3.20. The molecule has 0 radical (unpaired) electrons. The molecule has 1 unspecified atom stereocenters. The largest absolute Gasteiger partial charge is 0.514 e. The van der Waals surface area contributed by atoms with Crippen molar-refractivity contribution in [3.05, 3.63) is 28.2 Å². The second-order valence-electron chi connectivity index (χ2n) is 5.80. The highest BCUT2D eigenvalue weighted by Gasteiger charge is 2.49. The van der Waals surface area contributed by atoms with E-state index in [2.05, 4.69) is 5.10 Å². The van der Waals surface area contributed by atoms with Gasteiger partial charge in [0.2, 0.25) is 5.90 Å². The molecule has 0 aromatic heterocycles. The first kappa shape index (κ1) is 19.8. The Morgan fingerprint density at radius 2 is 2.04 bits per heavy atom. The van der Waals surface area contributed by atoms with Gasteiger partial charge in [-0.1, -0.05) is 37.0 Å². The summed E-state index contributed by atoms with van der Waals surface area (Å²) in [4.78, 5) is 11.7. The van der Waals surface area contributed by atoms with Crippen LogP contribution in [-0.4, -0.2) is 31.0 Å². The van der Waals surface area contributed by atoms with E-state index < -0.39 is 11.9 Å². The van der Waals surface area contributed by atoms with Gasteiger partial charge in [0.15, 0.2) is 5.72 Å². The predicted molar refractivity (Wildman–Crippen MR) is 98.3 cm³/mol. The van der Waals surface area contributed by atoms with Crippen LogP contribution in [-0.2, 0) is 14.2 Å². The van der Waals surface area contributed by atoms with Crippen LogP contribution in [0.2, 0.25) is 10.0 Å². The summed E-state index contributed by atoms with van der Waals surface area (Å²) < 4.78 is 16.1. The molecule has 1 aromatic carbocycles. The van der Waals surface area contributed by atoms with Crippen LogP contribution in [0.15, 0.2) is 23.3 Å². The van der Waals surface area contributed by atoms with Gasteiger partial charge in [0.1, 0.15) is 0 Å². The Hall–Kier alpha value is -1.50. The quantitative estimate of drug-likeness (QED) is 0.658. The van der Waals surface area contributed by atoms with Crippen molar-refractivity contribution < 1.29 is 19.0 Å². The Balaban J connectivity index is 2.43. The summed E-state index contributed by atoms with van der Waals surface area (Å²) in [7, 11) is 0. The van der Waals surface area contributed by atoms with E-state index in [1.54, 1.807) is 30.1 Å². The van der Waals surface area contributed by atoms with Crippen molar-refractivity contribution in [1.82, 2.24) is 0 Å². The number of carbonyl (C=O) groups is 1. The van der Waals surface area contributed by atoms with E-state index in [1.807, 2.05) is 20.8 Å². The van der Waals surface area contributed by atoms with Gasteiger partial charge < -0.3 is 14.2 Å². The molecule has 0 fully saturated rings. The lowest BCUT2D eigenvalue weighted by atomic mass is 9.95. The van der Waals surface area contributed by atoms with Crippen LogP contribution < -0.4 is 5.01 Å². The number of nitrogens with zero attached hydrogens (tertiary/aromatic N) is 2. The maximum Gasteiger partial charge on any atom is 0.514 e. The zero-order chi connectivity index (χ0) is 18.6. The molecule has 0 saturated carbocycles. The lowest BCUT2D eigenvalue weighted by Crippen LogP contribution is -2.50. The third-order valence-electron chi connectivity index (χ3n) is 3.87. The predicted octanol–water partition coefficient (Wildman–Crippen LogP) is 5.08. The first-order valence-electron chi connectivity index (χ1n) is 8.15. The standard InChI is InChI=1S/C17H22Cl2N2O4/c1-5-23-16(22)25-15-10-17(11(3)4,24-6-2)21(20-15)14-8-7-12(18)9-13(14)19/h7-9,11H,5-6,10H2,1-4H3. The number of hydrogen-bond donors (Lipinski definition) is 0. The van der Waals surface area contributed by atoms with Crippen LogP contribution in [0, 0.1) is 5.92 Å². The van der Waals surface area contributed by atoms with Crippen molar-refractivity contribution >= 4 is 40.9 Å². The van der Waals surface area contributed by atoms with Gasteiger partial charge in [-0.25, -0.2) is 9.80 Å². The topological polar surface area (TPSA) is 60.4 Å². The second-order valence-corrected chi connectivity index (χ2v) is 6.64. The molecule has 0 spiro atoms. The molecular weight excluding hydrogens is 367 g/mol. The molecule has 1 aliphatic rings. The maximum atomic E-state index is 11.7. The van der Waals surface area contributed by atoms with Crippen molar-refractivity contribution in [3.8, 4) is 0 Å². The van der Waals surface area contributed by atoms with Crippen LogP contribution >= 0.6 is 23.2 Å². The molecule has 0 aliphatic carbocycles. The Bertz CT molecular complexity index is 666. The van der Waals surface area contributed by atoms with Crippen molar-refractivity contribution in [2.75, 3.05) is 18.2 Å². The van der Waals surface area contributed by atoms with Gasteiger partial charge in [-0.2, -0.15) is 0 Å². The van der Waals surface area contributed by atoms with Gasteiger partial charge >= 0.3 is 6.16 Å². The maximum absolute atomic E-state index is 11.7. The van der Waals surface area contributed by atoms with Gasteiger partial charge in [0.25, 0.3) is 0 Å². The minimum absolute atomic E-state index is 0.0336. The summed E-state index contributed by atoms with van der Waals surface area (Å²) in [6.07, 6.45) is -0.504. The normalized spacial score (nSPS) is 20.0. The molecule has 0 bridgehead atoms. The number of halogens is 2. The van der Waals surface area contributed by atoms with Gasteiger partial charge in [0, 0.05) is 17.5 Å². The van der Waals surface area contributed by atoms with Gasteiger partial charge in [-0.15, -0.1) is 5.10 Å². The molecular formula is C17H22Cl2N2O4. The summed E-state index contributed by atoms with van der Waals surface area (Å²) in [5, 5.41) is 7.05. The smallest absolute Gasteiger partial charge is 0.434 e. The number of anilines is 1. The lowest BCUT2D eigenvalue weighted by Gasteiger charge is -2.40.